The summed E-state index contributed by atoms with van der Waals surface area (Å²) in [6.07, 6.45) is 0. The van der Waals surface area contributed by atoms with E-state index in [-0.39, 0.29) is 22.2 Å². The van der Waals surface area contributed by atoms with Gasteiger partial charge >= 0.3 is 5.97 Å². The lowest BCUT2D eigenvalue weighted by Crippen LogP contribution is -2.14. The minimum atomic E-state index is -0.552. The standard InChI is InChI=1S/C22H15ClN2O6/c1-12-20(22(27)30-2)14-5-3-4-6-17(14)24(12)21(26)19-10-9-18(31-19)15-11-13(25(28)29)7-8-16(15)23/h3-11H,1-2H3. The van der Waals surface area contributed by atoms with E-state index in [1.807, 2.05) is 0 Å². The number of ether oxygens (including phenoxy) is 1. The molecule has 0 radical (unpaired) electrons. The molecule has 0 N–H and O–H groups in total. The van der Waals surface area contributed by atoms with Gasteiger partial charge in [-0.1, -0.05) is 29.8 Å². The maximum absolute atomic E-state index is 13.3. The number of non-ortho nitro benzene ring substituents is 1. The van der Waals surface area contributed by atoms with E-state index in [2.05, 4.69) is 0 Å². The average molecular weight is 439 g/mol. The van der Waals surface area contributed by atoms with Crippen LogP contribution in [0.2, 0.25) is 5.02 Å². The molecule has 0 amide bonds. The van der Waals surface area contributed by atoms with Crippen LogP contribution in [0.15, 0.2) is 59.0 Å². The molecule has 8 nitrogen and oxygen atoms in total. The van der Waals surface area contributed by atoms with Crippen LogP contribution >= 0.6 is 11.6 Å². The Labute approximate surface area is 180 Å². The van der Waals surface area contributed by atoms with Gasteiger partial charge in [0.2, 0.25) is 0 Å². The number of esters is 1. The molecule has 2 aromatic heterocycles. The highest BCUT2D eigenvalue weighted by molar-refractivity contribution is 6.33. The largest absolute Gasteiger partial charge is 0.465 e. The zero-order chi connectivity index (χ0) is 22.3. The Morgan fingerprint density at radius 2 is 1.87 bits per heavy atom. The first-order chi connectivity index (χ1) is 14.8. The lowest BCUT2D eigenvalue weighted by atomic mass is 10.1. The van der Waals surface area contributed by atoms with Crippen LogP contribution in [0, 0.1) is 17.0 Å². The molecule has 9 heteroatoms. The lowest BCUT2D eigenvalue weighted by molar-refractivity contribution is -0.384. The minimum absolute atomic E-state index is 0.0159. The van der Waals surface area contributed by atoms with Crippen molar-refractivity contribution in [1.82, 2.24) is 4.57 Å². The fraction of sp³-hybridized carbons (Fsp3) is 0.0909. The zero-order valence-corrected chi connectivity index (χ0v) is 17.2. The number of fused-ring (bicyclic) bond motifs is 1. The molecule has 0 aliphatic heterocycles. The van der Waals surface area contributed by atoms with Gasteiger partial charge in [0, 0.05) is 28.8 Å². The van der Waals surface area contributed by atoms with Gasteiger partial charge < -0.3 is 9.15 Å². The van der Waals surface area contributed by atoms with E-state index in [0.717, 1.165) is 0 Å². The van der Waals surface area contributed by atoms with Gasteiger partial charge in [0.15, 0.2) is 5.76 Å². The van der Waals surface area contributed by atoms with E-state index in [9.17, 15) is 19.7 Å². The third kappa shape index (κ3) is 3.36. The summed E-state index contributed by atoms with van der Waals surface area (Å²) in [5, 5.41) is 11.9. The first-order valence-corrected chi connectivity index (χ1v) is 9.48. The topological polar surface area (TPSA) is 105 Å². The molecule has 0 fully saturated rings. The minimum Gasteiger partial charge on any atom is -0.465 e. The first-order valence-electron chi connectivity index (χ1n) is 9.10. The zero-order valence-electron chi connectivity index (χ0n) is 16.4. The summed E-state index contributed by atoms with van der Waals surface area (Å²) in [4.78, 5) is 36.1. The number of halogens is 1. The first kappa shape index (κ1) is 20.4. The number of hydrogen-bond donors (Lipinski definition) is 0. The molecule has 0 bridgehead atoms. The molecule has 0 unspecified atom stereocenters. The van der Waals surface area contributed by atoms with E-state index in [4.69, 9.17) is 20.8 Å². The maximum atomic E-state index is 13.3. The highest BCUT2D eigenvalue weighted by Gasteiger charge is 2.26. The van der Waals surface area contributed by atoms with Crippen LogP contribution in [-0.4, -0.2) is 28.5 Å². The number of para-hydroxylation sites is 1. The van der Waals surface area contributed by atoms with Gasteiger partial charge in [-0.2, -0.15) is 0 Å². The lowest BCUT2D eigenvalue weighted by Gasteiger charge is -2.05. The summed E-state index contributed by atoms with van der Waals surface area (Å²) in [7, 11) is 1.28. The molecule has 0 spiro atoms. The quantitative estimate of drug-likeness (QED) is 0.245. The van der Waals surface area contributed by atoms with Crippen LogP contribution < -0.4 is 0 Å². The smallest absolute Gasteiger partial charge is 0.340 e. The van der Waals surface area contributed by atoms with Crippen molar-refractivity contribution in [2.45, 2.75) is 6.92 Å². The van der Waals surface area contributed by atoms with Crippen molar-refractivity contribution in [1.29, 1.82) is 0 Å². The summed E-state index contributed by atoms with van der Waals surface area (Å²) in [6, 6.07) is 13.9. The van der Waals surface area contributed by atoms with Crippen molar-refractivity contribution in [3.05, 3.63) is 86.8 Å². The van der Waals surface area contributed by atoms with Gasteiger partial charge in [-0.3, -0.25) is 19.5 Å². The second-order valence-electron chi connectivity index (χ2n) is 6.69. The van der Waals surface area contributed by atoms with Crippen LogP contribution in [0.3, 0.4) is 0 Å². The Bertz CT molecular complexity index is 1370. The number of hydrogen-bond acceptors (Lipinski definition) is 6. The third-order valence-corrected chi connectivity index (χ3v) is 5.28. The van der Waals surface area contributed by atoms with Gasteiger partial charge in [0.1, 0.15) is 5.76 Å². The molecule has 0 saturated heterocycles. The number of nitrogens with zero attached hydrogens (tertiary/aromatic N) is 2. The summed E-state index contributed by atoms with van der Waals surface area (Å²) in [5.41, 5.74) is 1.36. The van der Waals surface area contributed by atoms with Gasteiger partial charge in [-0.15, -0.1) is 0 Å². The normalized spacial score (nSPS) is 10.9. The molecule has 4 rings (SSSR count). The Morgan fingerprint density at radius 3 is 2.58 bits per heavy atom. The van der Waals surface area contributed by atoms with Gasteiger partial charge in [0.05, 0.1) is 28.1 Å². The van der Waals surface area contributed by atoms with E-state index in [1.54, 1.807) is 31.2 Å². The van der Waals surface area contributed by atoms with E-state index in [1.165, 1.54) is 42.0 Å². The molecule has 0 aliphatic carbocycles. The Balaban J connectivity index is 1.82. The van der Waals surface area contributed by atoms with Crippen molar-refractivity contribution in [3.8, 4) is 11.3 Å². The summed E-state index contributed by atoms with van der Waals surface area (Å²) in [6.45, 7) is 1.64. The number of benzene rings is 2. The number of furan rings is 1. The summed E-state index contributed by atoms with van der Waals surface area (Å²) >= 11 is 6.17. The predicted molar refractivity (Wildman–Crippen MR) is 114 cm³/mol. The van der Waals surface area contributed by atoms with Crippen molar-refractivity contribution in [2.24, 2.45) is 0 Å². The highest BCUT2D eigenvalue weighted by Crippen LogP contribution is 2.34. The van der Waals surface area contributed by atoms with E-state index < -0.39 is 16.8 Å². The van der Waals surface area contributed by atoms with Crippen molar-refractivity contribution in [3.63, 3.8) is 0 Å². The molecular weight excluding hydrogens is 424 g/mol. The second kappa shape index (κ2) is 7.73. The summed E-state index contributed by atoms with van der Waals surface area (Å²) < 4.78 is 12.0. The van der Waals surface area contributed by atoms with Gasteiger partial charge in [-0.25, -0.2) is 4.79 Å². The molecule has 2 aromatic carbocycles. The molecule has 0 atom stereocenters. The summed E-state index contributed by atoms with van der Waals surface area (Å²) in [5.74, 6) is -0.863. The third-order valence-electron chi connectivity index (χ3n) is 4.95. The number of nitro benzene ring substituents is 1. The molecule has 0 saturated carbocycles. The van der Waals surface area contributed by atoms with Gasteiger partial charge in [-0.05, 0) is 31.2 Å². The molecule has 156 valence electrons. The molecular formula is C22H15ClN2O6. The number of carbonyl (C=O) groups excluding carboxylic acids is 2. The van der Waals surface area contributed by atoms with Crippen molar-refractivity contribution in [2.75, 3.05) is 7.11 Å². The van der Waals surface area contributed by atoms with Crippen molar-refractivity contribution < 1.29 is 23.7 Å². The maximum Gasteiger partial charge on any atom is 0.340 e. The van der Waals surface area contributed by atoms with Crippen LogP contribution in [0.4, 0.5) is 5.69 Å². The highest BCUT2D eigenvalue weighted by atomic mass is 35.5. The predicted octanol–water partition coefficient (Wildman–Crippen LogP) is 5.25. The number of nitro groups is 1. The molecule has 4 aromatic rings. The van der Waals surface area contributed by atoms with Gasteiger partial charge in [0.25, 0.3) is 11.6 Å². The number of methoxy groups -OCH3 is 1. The molecule has 31 heavy (non-hydrogen) atoms. The monoisotopic (exact) mass is 438 g/mol. The number of aromatic nitrogens is 1. The van der Waals surface area contributed by atoms with Crippen LogP contribution in [0.25, 0.3) is 22.2 Å². The number of rotatable bonds is 4. The Morgan fingerprint density at radius 1 is 1.13 bits per heavy atom. The van der Waals surface area contributed by atoms with Crippen molar-refractivity contribution >= 4 is 40.1 Å². The fourth-order valence-electron chi connectivity index (χ4n) is 3.51. The Kier molecular flexibility index (Phi) is 5.08. The Hall–Kier alpha value is -3.91. The average Bonchev–Trinajstić information content (AvgIpc) is 3.35. The van der Waals surface area contributed by atoms with E-state index in [0.29, 0.717) is 27.7 Å². The van der Waals surface area contributed by atoms with Crippen LogP contribution in [-0.2, 0) is 4.74 Å². The molecule has 0 aliphatic rings. The van der Waals surface area contributed by atoms with Crippen LogP contribution in [0.5, 0.6) is 0 Å². The SMILES string of the molecule is COC(=O)c1c(C)n(C(=O)c2ccc(-c3cc([N+](=O)[O-])ccc3Cl)o2)c2ccccc12. The number of carbonyl (C=O) groups is 2. The fourth-order valence-corrected chi connectivity index (χ4v) is 3.72. The second-order valence-corrected chi connectivity index (χ2v) is 7.10. The van der Waals surface area contributed by atoms with E-state index >= 15 is 0 Å². The molecule has 2 heterocycles. The van der Waals surface area contributed by atoms with Crippen LogP contribution in [0.1, 0.15) is 26.6 Å².